The molecule has 0 aliphatic rings. The van der Waals surface area contributed by atoms with Crippen LogP contribution in [0.15, 0.2) is 79.5 Å². The lowest BCUT2D eigenvalue weighted by molar-refractivity contribution is 0.0697. The summed E-state index contributed by atoms with van der Waals surface area (Å²) in [4.78, 5) is 29.0. The molecule has 0 aliphatic heterocycles. The second kappa shape index (κ2) is 10.5. The summed E-state index contributed by atoms with van der Waals surface area (Å²) in [7, 11) is 0. The number of halogens is 2. The number of aromatic nitrogens is 2. The van der Waals surface area contributed by atoms with Crippen molar-refractivity contribution in [1.29, 1.82) is 0 Å². The molecule has 0 bridgehead atoms. The summed E-state index contributed by atoms with van der Waals surface area (Å²) in [5.41, 5.74) is 2.06. The maximum Gasteiger partial charge on any atom is 0.335 e. The third-order valence-corrected chi connectivity index (χ3v) is 6.22. The van der Waals surface area contributed by atoms with E-state index in [1.807, 2.05) is 38.1 Å². The summed E-state index contributed by atoms with van der Waals surface area (Å²) in [6, 6.07) is 17.4. The Balaban J connectivity index is 1.68. The molecule has 1 aromatic heterocycles. The highest BCUT2D eigenvalue weighted by Gasteiger charge is 2.14. The molecule has 1 N–H and O–H groups in total. The molecule has 1 heterocycles. The molecule has 0 saturated heterocycles. The first-order chi connectivity index (χ1) is 16.7. The summed E-state index contributed by atoms with van der Waals surface area (Å²) in [5, 5.41) is 14.0. The van der Waals surface area contributed by atoms with E-state index in [4.69, 9.17) is 9.84 Å². The zero-order valence-electron chi connectivity index (χ0n) is 18.9. The molecular weight excluding hydrogens is 578 g/mol. The molecule has 9 heteroatoms. The van der Waals surface area contributed by atoms with Crippen LogP contribution in [0.3, 0.4) is 0 Å². The number of carboxylic acids is 1. The summed E-state index contributed by atoms with van der Waals surface area (Å²) in [5.74, 6) is 0.113. The molecule has 4 rings (SSSR count). The molecular formula is C26H21Br2N3O4. The summed E-state index contributed by atoms with van der Waals surface area (Å²) in [6.07, 6.45) is 1.58. The van der Waals surface area contributed by atoms with E-state index in [2.05, 4.69) is 41.9 Å². The Morgan fingerprint density at radius 3 is 2.46 bits per heavy atom. The summed E-state index contributed by atoms with van der Waals surface area (Å²) < 4.78 is 8.94. The van der Waals surface area contributed by atoms with Gasteiger partial charge in [0.1, 0.15) is 18.2 Å². The first-order valence-electron chi connectivity index (χ1n) is 10.7. The topological polar surface area (TPSA) is 93.8 Å². The van der Waals surface area contributed by atoms with Crippen LogP contribution in [-0.4, -0.2) is 27.0 Å². The number of fused-ring (bicyclic) bond motifs is 1. The van der Waals surface area contributed by atoms with Crippen LogP contribution in [0.25, 0.3) is 10.9 Å². The molecule has 4 aromatic rings. The van der Waals surface area contributed by atoms with Crippen LogP contribution in [0.1, 0.15) is 47.1 Å². The van der Waals surface area contributed by atoms with Crippen molar-refractivity contribution < 1.29 is 14.6 Å². The number of rotatable bonds is 7. The van der Waals surface area contributed by atoms with Gasteiger partial charge < -0.3 is 9.84 Å². The largest absolute Gasteiger partial charge is 0.488 e. The van der Waals surface area contributed by atoms with E-state index in [9.17, 15) is 9.59 Å². The van der Waals surface area contributed by atoms with E-state index in [0.717, 1.165) is 14.5 Å². The number of aromatic carboxylic acids is 1. The zero-order valence-corrected chi connectivity index (χ0v) is 22.1. The predicted octanol–water partition coefficient (Wildman–Crippen LogP) is 6.20. The van der Waals surface area contributed by atoms with Crippen molar-refractivity contribution in [3.8, 4) is 5.75 Å². The molecule has 178 valence electrons. The van der Waals surface area contributed by atoms with Gasteiger partial charge in [0.05, 0.1) is 22.7 Å². The van der Waals surface area contributed by atoms with Gasteiger partial charge in [0.25, 0.3) is 5.56 Å². The lowest BCUT2D eigenvalue weighted by atomic mass is 10.1. The lowest BCUT2D eigenvalue weighted by Crippen LogP contribution is -2.23. The van der Waals surface area contributed by atoms with Crippen LogP contribution in [-0.2, 0) is 6.61 Å². The second-order valence-corrected chi connectivity index (χ2v) is 9.95. The molecule has 3 aromatic carbocycles. The Labute approximate surface area is 218 Å². The lowest BCUT2D eigenvalue weighted by Gasteiger charge is -2.13. The molecule has 0 spiro atoms. The molecule has 0 unspecified atom stereocenters. The molecule has 0 saturated carbocycles. The molecule has 0 atom stereocenters. The van der Waals surface area contributed by atoms with E-state index >= 15 is 0 Å². The maximum absolute atomic E-state index is 13.3. The van der Waals surface area contributed by atoms with Crippen LogP contribution in [0, 0.1) is 0 Å². The number of nitrogens with zero attached hydrogens (tertiary/aromatic N) is 3. The van der Waals surface area contributed by atoms with Gasteiger partial charge in [0, 0.05) is 20.4 Å². The van der Waals surface area contributed by atoms with Crippen LogP contribution in [0.2, 0.25) is 0 Å². The smallest absolute Gasteiger partial charge is 0.335 e. The standard InChI is InChI=1S/C26H21Br2N3O4/c1-15(2)24-30-22-9-7-20(28)12-21(22)25(32)31(24)29-13-18-11-19(27)8-10-23(18)35-14-16-3-5-17(6-4-16)26(33)34/h3-13,15H,14H2,1-2H3,(H,33,34). The van der Waals surface area contributed by atoms with Gasteiger partial charge in [0.2, 0.25) is 0 Å². The van der Waals surface area contributed by atoms with E-state index in [1.165, 1.54) is 16.8 Å². The highest BCUT2D eigenvalue weighted by molar-refractivity contribution is 9.10. The van der Waals surface area contributed by atoms with Crippen molar-refractivity contribution in [2.75, 3.05) is 0 Å². The average Bonchev–Trinajstić information content (AvgIpc) is 2.83. The van der Waals surface area contributed by atoms with Gasteiger partial charge in [-0.25, -0.2) is 9.78 Å². The van der Waals surface area contributed by atoms with Gasteiger partial charge in [-0.3, -0.25) is 4.79 Å². The maximum atomic E-state index is 13.3. The van der Waals surface area contributed by atoms with Crippen LogP contribution >= 0.6 is 31.9 Å². The van der Waals surface area contributed by atoms with Crippen LogP contribution in [0.5, 0.6) is 5.75 Å². The van der Waals surface area contributed by atoms with E-state index < -0.39 is 5.97 Å². The van der Waals surface area contributed by atoms with Crippen molar-refractivity contribution in [1.82, 2.24) is 9.66 Å². The Hall–Kier alpha value is -3.30. The van der Waals surface area contributed by atoms with Gasteiger partial charge in [-0.05, 0) is 54.1 Å². The number of hydrogen-bond donors (Lipinski definition) is 1. The van der Waals surface area contributed by atoms with Crippen LogP contribution in [0.4, 0.5) is 0 Å². The van der Waals surface area contributed by atoms with E-state index in [0.29, 0.717) is 28.0 Å². The van der Waals surface area contributed by atoms with Crippen molar-refractivity contribution >= 4 is 54.9 Å². The first-order valence-corrected chi connectivity index (χ1v) is 12.3. The molecule has 0 fully saturated rings. The molecule has 0 radical (unpaired) electrons. The fraction of sp³-hybridized carbons (Fsp3) is 0.154. The highest BCUT2D eigenvalue weighted by Crippen LogP contribution is 2.24. The second-order valence-electron chi connectivity index (χ2n) is 8.12. The normalized spacial score (nSPS) is 11.5. The Morgan fingerprint density at radius 1 is 1.09 bits per heavy atom. The first kappa shape index (κ1) is 24.8. The Kier molecular flexibility index (Phi) is 7.47. The monoisotopic (exact) mass is 597 g/mol. The minimum atomic E-state index is -0.976. The number of carbonyl (C=O) groups is 1. The van der Waals surface area contributed by atoms with Crippen molar-refractivity contribution in [2.24, 2.45) is 5.10 Å². The number of benzene rings is 3. The van der Waals surface area contributed by atoms with Gasteiger partial charge in [0.15, 0.2) is 0 Å². The fourth-order valence-corrected chi connectivity index (χ4v) is 4.17. The number of ether oxygens (including phenoxy) is 1. The Bertz CT molecular complexity index is 1500. The summed E-state index contributed by atoms with van der Waals surface area (Å²) in [6.45, 7) is 4.16. The fourth-order valence-electron chi connectivity index (χ4n) is 3.43. The van der Waals surface area contributed by atoms with Crippen molar-refractivity contribution in [3.05, 3.63) is 102 Å². The van der Waals surface area contributed by atoms with E-state index in [1.54, 1.807) is 30.5 Å². The zero-order chi connectivity index (χ0) is 25.1. The molecule has 0 amide bonds. The molecule has 0 aliphatic carbocycles. The minimum absolute atomic E-state index is 0.0279. The van der Waals surface area contributed by atoms with Gasteiger partial charge in [-0.15, -0.1) is 0 Å². The SMILES string of the molecule is CC(C)c1nc2ccc(Br)cc2c(=O)n1N=Cc1cc(Br)ccc1OCc1ccc(C(=O)O)cc1. The van der Waals surface area contributed by atoms with E-state index in [-0.39, 0.29) is 23.6 Å². The third kappa shape index (κ3) is 5.68. The quantitative estimate of drug-likeness (QED) is 0.255. The van der Waals surface area contributed by atoms with Crippen LogP contribution < -0.4 is 10.3 Å². The van der Waals surface area contributed by atoms with Gasteiger partial charge >= 0.3 is 5.97 Å². The molecule has 7 nitrogen and oxygen atoms in total. The van der Waals surface area contributed by atoms with Gasteiger partial charge in [-0.2, -0.15) is 9.78 Å². The minimum Gasteiger partial charge on any atom is -0.488 e. The number of carboxylic acid groups (broad SMARTS) is 1. The third-order valence-electron chi connectivity index (χ3n) is 5.23. The highest BCUT2D eigenvalue weighted by atomic mass is 79.9. The van der Waals surface area contributed by atoms with Gasteiger partial charge in [-0.1, -0.05) is 57.8 Å². The summed E-state index contributed by atoms with van der Waals surface area (Å²) >= 11 is 6.89. The van der Waals surface area contributed by atoms with Crippen molar-refractivity contribution in [3.63, 3.8) is 0 Å². The predicted molar refractivity (Wildman–Crippen MR) is 143 cm³/mol. The average molecular weight is 599 g/mol. The Morgan fingerprint density at radius 2 is 1.77 bits per heavy atom. The van der Waals surface area contributed by atoms with Crippen molar-refractivity contribution in [2.45, 2.75) is 26.4 Å². The molecule has 35 heavy (non-hydrogen) atoms. The number of hydrogen-bond acceptors (Lipinski definition) is 5.